The van der Waals surface area contributed by atoms with E-state index in [2.05, 4.69) is 11.1 Å². The molecule has 1 aromatic heterocycles. The third-order valence-corrected chi connectivity index (χ3v) is 6.49. The number of rotatable bonds is 2. The fraction of sp³-hybridized carbons (Fsp3) is 0.476. The number of halogens is 1. The maximum Gasteiger partial charge on any atom is 0.236 e. The van der Waals surface area contributed by atoms with Crippen LogP contribution in [0.2, 0.25) is 5.15 Å². The lowest BCUT2D eigenvalue weighted by molar-refractivity contribution is -0.142. The van der Waals surface area contributed by atoms with Gasteiger partial charge in [0.25, 0.3) is 0 Å². The number of aromatic nitrogens is 1. The molecule has 4 nitrogen and oxygen atoms in total. The number of benzene rings is 1. The van der Waals surface area contributed by atoms with Gasteiger partial charge in [0.05, 0.1) is 17.5 Å². The van der Waals surface area contributed by atoms with E-state index in [0.29, 0.717) is 11.6 Å². The van der Waals surface area contributed by atoms with E-state index in [1.807, 2.05) is 26.0 Å². The number of imide groups is 1. The molecule has 2 aliphatic rings. The molecule has 1 saturated carbocycles. The van der Waals surface area contributed by atoms with E-state index in [1.54, 1.807) is 0 Å². The Balaban J connectivity index is 1.67. The molecule has 0 radical (unpaired) electrons. The fourth-order valence-electron chi connectivity index (χ4n) is 4.42. The zero-order valence-electron chi connectivity index (χ0n) is 15.3. The van der Waals surface area contributed by atoms with Gasteiger partial charge in [0.15, 0.2) is 0 Å². The summed E-state index contributed by atoms with van der Waals surface area (Å²) in [7, 11) is 0. The molecular weight excluding hydrogens is 348 g/mol. The minimum atomic E-state index is -0.459. The van der Waals surface area contributed by atoms with Gasteiger partial charge in [0, 0.05) is 17.4 Å². The summed E-state index contributed by atoms with van der Waals surface area (Å²) in [6.45, 7) is 4.29. The number of hydrogen-bond donors (Lipinski definition) is 0. The van der Waals surface area contributed by atoms with Crippen LogP contribution < -0.4 is 0 Å². The van der Waals surface area contributed by atoms with E-state index in [0.717, 1.165) is 59.7 Å². The highest BCUT2D eigenvalue weighted by Crippen LogP contribution is 2.45. The highest BCUT2D eigenvalue weighted by Gasteiger charge is 2.51. The van der Waals surface area contributed by atoms with Gasteiger partial charge in [-0.15, -0.1) is 0 Å². The first-order chi connectivity index (χ1) is 12.4. The Labute approximate surface area is 158 Å². The van der Waals surface area contributed by atoms with Crippen LogP contribution in [0.3, 0.4) is 0 Å². The summed E-state index contributed by atoms with van der Waals surface area (Å²) in [4.78, 5) is 31.5. The van der Waals surface area contributed by atoms with Crippen LogP contribution in [0.4, 0.5) is 0 Å². The van der Waals surface area contributed by atoms with Crippen molar-refractivity contribution >= 4 is 34.3 Å². The number of nitrogens with zero attached hydrogens (tertiary/aromatic N) is 2. The lowest BCUT2D eigenvalue weighted by atomic mass is 9.73. The number of hydrogen-bond acceptors (Lipinski definition) is 3. The lowest BCUT2D eigenvalue weighted by Gasteiger charge is -2.30. The maximum atomic E-state index is 13.0. The molecule has 0 atom stereocenters. The normalized spacial score (nSPS) is 19.7. The SMILES string of the molecule is Cc1ccc2cc(CN3C(=O)CC4(CCCCC4)C3=O)c(Cl)nc2c1C. The molecule has 2 heterocycles. The van der Waals surface area contributed by atoms with Crippen molar-refractivity contribution in [3.8, 4) is 0 Å². The Morgan fingerprint density at radius 2 is 1.88 bits per heavy atom. The number of carbonyl (C=O) groups excluding carboxylic acids is 2. The quantitative estimate of drug-likeness (QED) is 0.568. The van der Waals surface area contributed by atoms with Crippen molar-refractivity contribution in [1.29, 1.82) is 0 Å². The second-order valence-electron chi connectivity index (χ2n) is 7.82. The predicted molar refractivity (Wildman–Crippen MR) is 102 cm³/mol. The average Bonchev–Trinajstić information content (AvgIpc) is 2.84. The van der Waals surface area contributed by atoms with Gasteiger partial charge in [-0.3, -0.25) is 14.5 Å². The highest BCUT2D eigenvalue weighted by atomic mass is 35.5. The first-order valence-corrected chi connectivity index (χ1v) is 9.69. The summed E-state index contributed by atoms with van der Waals surface area (Å²) in [6, 6.07) is 6.03. The van der Waals surface area contributed by atoms with E-state index >= 15 is 0 Å². The minimum Gasteiger partial charge on any atom is -0.277 e. The topological polar surface area (TPSA) is 50.3 Å². The lowest BCUT2D eigenvalue weighted by Crippen LogP contribution is -2.36. The standard InChI is InChI=1S/C21H23ClN2O2/c1-13-6-7-15-10-16(19(22)23-18(15)14(13)2)12-24-17(25)11-21(20(24)26)8-4-3-5-9-21/h6-7,10H,3-5,8-9,11-12H2,1-2H3. The van der Waals surface area contributed by atoms with E-state index in [-0.39, 0.29) is 18.4 Å². The smallest absolute Gasteiger partial charge is 0.236 e. The zero-order valence-corrected chi connectivity index (χ0v) is 16.0. The molecule has 0 N–H and O–H groups in total. The molecule has 26 heavy (non-hydrogen) atoms. The minimum absolute atomic E-state index is 0.0153. The van der Waals surface area contributed by atoms with E-state index in [4.69, 9.17) is 11.6 Å². The summed E-state index contributed by atoms with van der Waals surface area (Å²) in [5, 5.41) is 1.36. The van der Waals surface area contributed by atoms with Gasteiger partial charge in [0.2, 0.25) is 11.8 Å². The summed E-state index contributed by atoms with van der Waals surface area (Å²) in [5.74, 6) is -0.0911. The molecule has 136 valence electrons. The van der Waals surface area contributed by atoms with Crippen LogP contribution in [0.25, 0.3) is 10.9 Å². The summed E-state index contributed by atoms with van der Waals surface area (Å²) < 4.78 is 0. The number of pyridine rings is 1. The average molecular weight is 371 g/mol. The molecule has 1 spiro atoms. The first-order valence-electron chi connectivity index (χ1n) is 9.31. The van der Waals surface area contributed by atoms with Crippen LogP contribution in [-0.4, -0.2) is 21.7 Å². The Morgan fingerprint density at radius 3 is 2.62 bits per heavy atom. The molecule has 0 bridgehead atoms. The fourth-order valence-corrected chi connectivity index (χ4v) is 4.62. The van der Waals surface area contributed by atoms with Crippen molar-refractivity contribution in [3.05, 3.63) is 40.0 Å². The molecule has 1 saturated heterocycles. The van der Waals surface area contributed by atoms with Crippen LogP contribution in [0, 0.1) is 19.3 Å². The zero-order chi connectivity index (χ0) is 18.5. The third kappa shape index (κ3) is 2.71. The predicted octanol–water partition coefficient (Wildman–Crippen LogP) is 4.71. The molecule has 4 rings (SSSR count). The van der Waals surface area contributed by atoms with Crippen molar-refractivity contribution in [2.45, 2.75) is 58.9 Å². The number of amides is 2. The summed E-state index contributed by atoms with van der Waals surface area (Å²) in [6.07, 6.45) is 5.23. The van der Waals surface area contributed by atoms with Gasteiger partial charge in [-0.25, -0.2) is 4.98 Å². The highest BCUT2D eigenvalue weighted by molar-refractivity contribution is 6.30. The van der Waals surface area contributed by atoms with Gasteiger partial charge < -0.3 is 0 Å². The number of aryl methyl sites for hydroxylation is 2. The van der Waals surface area contributed by atoms with E-state index in [1.165, 1.54) is 4.90 Å². The van der Waals surface area contributed by atoms with Crippen molar-refractivity contribution in [2.75, 3.05) is 0 Å². The molecule has 2 aromatic rings. The molecule has 2 fully saturated rings. The van der Waals surface area contributed by atoms with Crippen molar-refractivity contribution in [2.24, 2.45) is 5.41 Å². The number of likely N-dealkylation sites (tertiary alicyclic amines) is 1. The van der Waals surface area contributed by atoms with Crippen LogP contribution in [0.1, 0.15) is 55.2 Å². The van der Waals surface area contributed by atoms with Gasteiger partial charge in [0.1, 0.15) is 5.15 Å². The molecule has 0 unspecified atom stereocenters. The second-order valence-corrected chi connectivity index (χ2v) is 8.18. The number of carbonyl (C=O) groups is 2. The molecule has 1 aromatic carbocycles. The number of fused-ring (bicyclic) bond motifs is 1. The molecule has 5 heteroatoms. The van der Waals surface area contributed by atoms with Gasteiger partial charge in [-0.05, 0) is 43.9 Å². The van der Waals surface area contributed by atoms with Crippen LogP contribution >= 0.6 is 11.6 Å². The van der Waals surface area contributed by atoms with Crippen molar-refractivity contribution < 1.29 is 9.59 Å². The molecule has 2 amide bonds. The van der Waals surface area contributed by atoms with Gasteiger partial charge >= 0.3 is 0 Å². The third-order valence-electron chi connectivity index (χ3n) is 6.17. The van der Waals surface area contributed by atoms with Crippen LogP contribution in [0.5, 0.6) is 0 Å². The Morgan fingerprint density at radius 1 is 1.15 bits per heavy atom. The summed E-state index contributed by atoms with van der Waals surface area (Å²) >= 11 is 6.42. The molecular formula is C21H23ClN2O2. The Bertz CT molecular complexity index is 916. The largest absolute Gasteiger partial charge is 0.277 e. The van der Waals surface area contributed by atoms with Crippen molar-refractivity contribution in [3.63, 3.8) is 0 Å². The maximum absolute atomic E-state index is 13.0. The molecule has 1 aliphatic carbocycles. The Hall–Kier alpha value is -1.94. The van der Waals surface area contributed by atoms with Gasteiger partial charge in [-0.1, -0.05) is 43.0 Å². The Kier molecular flexibility index (Phi) is 4.26. The second kappa shape index (κ2) is 6.34. The monoisotopic (exact) mass is 370 g/mol. The molecule has 1 aliphatic heterocycles. The van der Waals surface area contributed by atoms with E-state index in [9.17, 15) is 9.59 Å². The summed E-state index contributed by atoms with van der Waals surface area (Å²) in [5.41, 5.74) is 3.42. The van der Waals surface area contributed by atoms with Crippen LogP contribution in [0.15, 0.2) is 18.2 Å². The van der Waals surface area contributed by atoms with Gasteiger partial charge in [-0.2, -0.15) is 0 Å². The van der Waals surface area contributed by atoms with Crippen molar-refractivity contribution in [1.82, 2.24) is 9.88 Å². The van der Waals surface area contributed by atoms with Crippen LogP contribution in [-0.2, 0) is 16.1 Å². The van der Waals surface area contributed by atoms with E-state index < -0.39 is 5.41 Å². The first kappa shape index (κ1) is 17.5.